The molecule has 0 aliphatic carbocycles. The number of nitrogens with zero attached hydrogens (tertiary/aromatic N) is 4. The molecule has 0 unspecified atom stereocenters. The van der Waals surface area contributed by atoms with Crippen LogP contribution in [0.25, 0.3) is 5.78 Å². The number of ether oxygens (including phenoxy) is 4. The fourth-order valence-corrected chi connectivity index (χ4v) is 3.08. The quantitative estimate of drug-likeness (QED) is 0.485. The van der Waals surface area contributed by atoms with E-state index in [-0.39, 0.29) is 18.8 Å². The molecular formula is C21H25N5O6. The smallest absolute Gasteiger partial charge is 0.314 e. The number of carbonyl (C=O) groups excluding carboxylic acids is 2. The third-order valence-corrected chi connectivity index (χ3v) is 4.59. The van der Waals surface area contributed by atoms with Crippen LogP contribution in [0.3, 0.4) is 0 Å². The van der Waals surface area contributed by atoms with Gasteiger partial charge in [0, 0.05) is 29.6 Å². The van der Waals surface area contributed by atoms with Crippen LogP contribution >= 0.6 is 0 Å². The van der Waals surface area contributed by atoms with Gasteiger partial charge in [-0.3, -0.25) is 9.59 Å². The second-order valence-corrected chi connectivity index (χ2v) is 6.91. The summed E-state index contributed by atoms with van der Waals surface area (Å²) in [6.45, 7) is 3.44. The predicted octanol–water partition coefficient (Wildman–Crippen LogP) is 1.17. The van der Waals surface area contributed by atoms with E-state index in [4.69, 9.17) is 18.9 Å². The van der Waals surface area contributed by atoms with Crippen molar-refractivity contribution in [2.45, 2.75) is 26.8 Å². The molecular weight excluding hydrogens is 418 g/mol. The van der Waals surface area contributed by atoms with Crippen molar-refractivity contribution in [2.24, 2.45) is 0 Å². The van der Waals surface area contributed by atoms with Crippen LogP contribution in [-0.2, 0) is 27.3 Å². The second kappa shape index (κ2) is 9.94. The SMILES string of the molecule is COc1cc(OC)c(OC)cc1CNC(=O)COC(=O)Cc1nc2nc(C)cc(C)n2n1. The van der Waals surface area contributed by atoms with Crippen molar-refractivity contribution in [3.63, 3.8) is 0 Å². The Morgan fingerprint density at radius 3 is 2.34 bits per heavy atom. The molecule has 1 amide bonds. The van der Waals surface area contributed by atoms with E-state index in [1.807, 2.05) is 19.9 Å². The normalized spacial score (nSPS) is 10.7. The molecule has 1 N–H and O–H groups in total. The van der Waals surface area contributed by atoms with Gasteiger partial charge in [0.1, 0.15) is 12.2 Å². The van der Waals surface area contributed by atoms with Gasteiger partial charge in [-0.15, -0.1) is 5.10 Å². The first-order valence-corrected chi connectivity index (χ1v) is 9.75. The number of aromatic nitrogens is 4. The maximum Gasteiger partial charge on any atom is 0.314 e. The zero-order valence-corrected chi connectivity index (χ0v) is 18.6. The Morgan fingerprint density at radius 1 is 0.969 bits per heavy atom. The van der Waals surface area contributed by atoms with Crippen LogP contribution in [-0.4, -0.2) is 59.4 Å². The minimum absolute atomic E-state index is 0.151. The van der Waals surface area contributed by atoms with E-state index in [9.17, 15) is 9.59 Å². The van der Waals surface area contributed by atoms with E-state index in [1.165, 1.54) is 21.3 Å². The Hall–Kier alpha value is -3.89. The summed E-state index contributed by atoms with van der Waals surface area (Å²) in [7, 11) is 4.55. The number of nitrogens with one attached hydrogen (secondary N) is 1. The first kappa shape index (κ1) is 22.8. The number of carbonyl (C=O) groups is 2. The number of hydrogen-bond donors (Lipinski definition) is 1. The Bertz CT molecular complexity index is 1140. The molecule has 3 aromatic rings. The highest BCUT2D eigenvalue weighted by atomic mass is 16.5. The van der Waals surface area contributed by atoms with Crippen LogP contribution in [0.2, 0.25) is 0 Å². The van der Waals surface area contributed by atoms with Gasteiger partial charge < -0.3 is 24.3 Å². The molecule has 1 aromatic carbocycles. The molecule has 0 saturated heterocycles. The number of benzene rings is 1. The van der Waals surface area contributed by atoms with Crippen LogP contribution < -0.4 is 19.5 Å². The molecule has 0 bridgehead atoms. The second-order valence-electron chi connectivity index (χ2n) is 6.91. The highest BCUT2D eigenvalue weighted by Crippen LogP contribution is 2.34. The van der Waals surface area contributed by atoms with Crippen molar-refractivity contribution in [3.05, 3.63) is 41.0 Å². The number of aryl methyl sites for hydroxylation is 2. The Balaban J connectivity index is 1.54. The van der Waals surface area contributed by atoms with Crippen molar-refractivity contribution in [1.82, 2.24) is 24.9 Å². The monoisotopic (exact) mass is 443 g/mol. The molecule has 32 heavy (non-hydrogen) atoms. The van der Waals surface area contributed by atoms with Crippen LogP contribution in [0, 0.1) is 13.8 Å². The molecule has 170 valence electrons. The third kappa shape index (κ3) is 5.23. The average molecular weight is 443 g/mol. The van der Waals surface area contributed by atoms with E-state index in [0.717, 1.165) is 11.4 Å². The first-order chi connectivity index (χ1) is 15.3. The van der Waals surface area contributed by atoms with Gasteiger partial charge in [-0.25, -0.2) is 9.50 Å². The van der Waals surface area contributed by atoms with Gasteiger partial charge in [0.2, 0.25) is 0 Å². The molecule has 0 radical (unpaired) electrons. The first-order valence-electron chi connectivity index (χ1n) is 9.75. The summed E-state index contributed by atoms with van der Waals surface area (Å²) in [6.07, 6.45) is -0.168. The van der Waals surface area contributed by atoms with Gasteiger partial charge in [-0.2, -0.15) is 4.98 Å². The molecule has 11 nitrogen and oxygen atoms in total. The van der Waals surface area contributed by atoms with E-state index in [2.05, 4.69) is 20.4 Å². The lowest BCUT2D eigenvalue weighted by molar-refractivity contribution is -0.148. The predicted molar refractivity (Wildman–Crippen MR) is 113 cm³/mol. The number of esters is 1. The van der Waals surface area contributed by atoms with Crippen molar-refractivity contribution in [3.8, 4) is 17.2 Å². The lowest BCUT2D eigenvalue weighted by atomic mass is 10.1. The molecule has 0 aliphatic heterocycles. The van der Waals surface area contributed by atoms with E-state index in [1.54, 1.807) is 16.6 Å². The molecule has 2 heterocycles. The fourth-order valence-electron chi connectivity index (χ4n) is 3.08. The van der Waals surface area contributed by atoms with Crippen LogP contribution in [0.5, 0.6) is 17.2 Å². The number of fused-ring (bicyclic) bond motifs is 1. The maximum atomic E-state index is 12.1. The molecule has 0 spiro atoms. The van der Waals surface area contributed by atoms with E-state index >= 15 is 0 Å². The zero-order chi connectivity index (χ0) is 23.3. The van der Waals surface area contributed by atoms with Crippen LogP contribution in [0.15, 0.2) is 18.2 Å². The Morgan fingerprint density at radius 2 is 1.66 bits per heavy atom. The van der Waals surface area contributed by atoms with Crippen LogP contribution in [0.1, 0.15) is 22.8 Å². The lowest BCUT2D eigenvalue weighted by Crippen LogP contribution is -2.29. The number of rotatable bonds is 9. The van der Waals surface area contributed by atoms with Gasteiger partial charge in [0.25, 0.3) is 11.7 Å². The molecule has 0 saturated carbocycles. The summed E-state index contributed by atoms with van der Waals surface area (Å²) >= 11 is 0. The summed E-state index contributed by atoms with van der Waals surface area (Å²) in [5, 5.41) is 6.93. The standard InChI is InChI=1S/C21H25N5O6/c1-12-6-13(2)26-21(23-12)24-18(25-26)9-20(28)32-11-19(27)22-10-14-7-16(30-4)17(31-5)8-15(14)29-3/h6-8H,9-11H2,1-5H3,(H,22,27). The summed E-state index contributed by atoms with van der Waals surface area (Å²) in [5.41, 5.74) is 2.33. The van der Waals surface area contributed by atoms with E-state index in [0.29, 0.717) is 28.6 Å². The largest absolute Gasteiger partial charge is 0.496 e. The minimum atomic E-state index is -0.617. The van der Waals surface area contributed by atoms with Crippen molar-refractivity contribution >= 4 is 17.7 Å². The summed E-state index contributed by atoms with van der Waals surface area (Å²) in [6, 6.07) is 5.23. The average Bonchev–Trinajstić information content (AvgIpc) is 3.17. The van der Waals surface area contributed by atoms with Gasteiger partial charge in [-0.1, -0.05) is 0 Å². The van der Waals surface area contributed by atoms with Crippen molar-refractivity contribution in [1.29, 1.82) is 0 Å². The Labute approximate surface area is 184 Å². The maximum absolute atomic E-state index is 12.1. The number of amides is 1. The molecule has 3 rings (SSSR count). The Kier molecular flexibility index (Phi) is 7.08. The highest BCUT2D eigenvalue weighted by Gasteiger charge is 2.16. The fraction of sp³-hybridized carbons (Fsp3) is 0.381. The molecule has 11 heteroatoms. The molecule has 0 fully saturated rings. The lowest BCUT2D eigenvalue weighted by Gasteiger charge is -2.14. The van der Waals surface area contributed by atoms with E-state index < -0.39 is 18.5 Å². The minimum Gasteiger partial charge on any atom is -0.496 e. The van der Waals surface area contributed by atoms with Gasteiger partial charge in [0.15, 0.2) is 23.9 Å². The van der Waals surface area contributed by atoms with Gasteiger partial charge in [0.05, 0.1) is 21.3 Å². The molecule has 2 aromatic heterocycles. The van der Waals surface area contributed by atoms with Gasteiger partial charge >= 0.3 is 5.97 Å². The van der Waals surface area contributed by atoms with Crippen LogP contribution in [0.4, 0.5) is 0 Å². The highest BCUT2D eigenvalue weighted by molar-refractivity contribution is 5.81. The van der Waals surface area contributed by atoms with Crippen molar-refractivity contribution in [2.75, 3.05) is 27.9 Å². The topological polar surface area (TPSA) is 126 Å². The summed E-state index contributed by atoms with van der Waals surface area (Å²) in [5.74, 6) is 1.13. The molecule has 0 atom stereocenters. The zero-order valence-electron chi connectivity index (χ0n) is 18.6. The molecule has 0 aliphatic rings. The summed E-state index contributed by atoms with van der Waals surface area (Å²) in [4.78, 5) is 32.8. The third-order valence-electron chi connectivity index (χ3n) is 4.59. The number of hydrogen-bond acceptors (Lipinski definition) is 9. The summed E-state index contributed by atoms with van der Waals surface area (Å²) < 4.78 is 22.4. The van der Waals surface area contributed by atoms with Gasteiger partial charge in [-0.05, 0) is 26.0 Å². The number of methoxy groups -OCH3 is 3. The van der Waals surface area contributed by atoms with Crippen molar-refractivity contribution < 1.29 is 28.5 Å².